The van der Waals surface area contributed by atoms with Crippen LogP contribution in [0.3, 0.4) is 0 Å². The van der Waals surface area contributed by atoms with Crippen LogP contribution < -0.4 is 4.72 Å². The van der Waals surface area contributed by atoms with E-state index in [1.807, 2.05) is 0 Å². The number of pyridine rings is 1. The first kappa shape index (κ1) is 12.6. The van der Waals surface area contributed by atoms with Gasteiger partial charge in [-0.1, -0.05) is 0 Å². The van der Waals surface area contributed by atoms with E-state index in [1.54, 1.807) is 6.92 Å². The van der Waals surface area contributed by atoms with E-state index in [4.69, 9.17) is 4.74 Å². The van der Waals surface area contributed by atoms with Crippen LogP contribution in [0, 0.1) is 0 Å². The number of sulfonamides is 1. The van der Waals surface area contributed by atoms with Gasteiger partial charge >= 0.3 is 5.97 Å². The molecule has 0 aliphatic rings. The summed E-state index contributed by atoms with van der Waals surface area (Å²) in [5.74, 6) is -0.704. The van der Waals surface area contributed by atoms with Crippen molar-refractivity contribution in [2.45, 2.75) is 11.9 Å². The van der Waals surface area contributed by atoms with Crippen LogP contribution in [0.4, 0.5) is 0 Å². The Morgan fingerprint density at radius 2 is 2.25 bits per heavy atom. The summed E-state index contributed by atoms with van der Waals surface area (Å²) in [5.41, 5.74) is -0.0706. The van der Waals surface area contributed by atoms with Gasteiger partial charge < -0.3 is 4.74 Å². The highest BCUT2D eigenvalue weighted by molar-refractivity contribution is 7.89. The molecule has 0 aliphatic carbocycles. The molecule has 0 atom stereocenters. The summed E-state index contributed by atoms with van der Waals surface area (Å²) >= 11 is 0. The third-order valence-electron chi connectivity index (χ3n) is 1.79. The molecular weight excluding hydrogens is 232 g/mol. The topological polar surface area (TPSA) is 85.4 Å². The fourth-order valence-electron chi connectivity index (χ4n) is 1.07. The molecule has 6 nitrogen and oxygen atoms in total. The van der Waals surface area contributed by atoms with Gasteiger partial charge in [-0.25, -0.2) is 22.9 Å². The highest BCUT2D eigenvalue weighted by Gasteiger charge is 2.22. The van der Waals surface area contributed by atoms with E-state index in [1.165, 1.54) is 25.4 Å². The van der Waals surface area contributed by atoms with Gasteiger partial charge in [0.15, 0.2) is 5.03 Å². The number of hydrogen-bond acceptors (Lipinski definition) is 5. The molecule has 0 amide bonds. The first-order valence-corrected chi connectivity index (χ1v) is 6.07. The molecule has 0 bridgehead atoms. The van der Waals surface area contributed by atoms with Crippen LogP contribution in [-0.4, -0.2) is 33.0 Å². The molecule has 0 aliphatic heterocycles. The predicted molar refractivity (Wildman–Crippen MR) is 56.4 cm³/mol. The van der Waals surface area contributed by atoms with Gasteiger partial charge in [0.2, 0.25) is 0 Å². The molecule has 88 valence electrons. The summed E-state index contributed by atoms with van der Waals surface area (Å²) in [7, 11) is -2.51. The highest BCUT2D eigenvalue weighted by atomic mass is 32.2. The smallest absolute Gasteiger partial charge is 0.341 e. The zero-order valence-electron chi connectivity index (χ0n) is 8.93. The molecule has 0 saturated carbocycles. The number of carbonyl (C=O) groups excluding carboxylic acids is 1. The van der Waals surface area contributed by atoms with Crippen LogP contribution in [0.5, 0.6) is 0 Å². The SMILES string of the molecule is CCOC(=O)c1cccnc1S(=O)(=O)NC. The monoisotopic (exact) mass is 244 g/mol. The van der Waals surface area contributed by atoms with Gasteiger partial charge in [-0.2, -0.15) is 0 Å². The molecular formula is C9H12N2O4S. The summed E-state index contributed by atoms with van der Waals surface area (Å²) in [6, 6.07) is 2.83. The van der Waals surface area contributed by atoms with Crippen LogP contribution in [0.15, 0.2) is 23.4 Å². The molecule has 0 fully saturated rings. The fraction of sp³-hybridized carbons (Fsp3) is 0.333. The van der Waals surface area contributed by atoms with Crippen molar-refractivity contribution in [2.24, 2.45) is 0 Å². The summed E-state index contributed by atoms with van der Waals surface area (Å²) in [4.78, 5) is 15.1. The summed E-state index contributed by atoms with van der Waals surface area (Å²) in [6.45, 7) is 1.81. The number of rotatable bonds is 4. The molecule has 0 spiro atoms. The van der Waals surface area contributed by atoms with Gasteiger partial charge in [0.25, 0.3) is 10.0 Å². The average Bonchev–Trinajstić information content (AvgIpc) is 2.29. The Morgan fingerprint density at radius 3 is 2.81 bits per heavy atom. The molecule has 1 aromatic heterocycles. The van der Waals surface area contributed by atoms with Crippen LogP contribution in [0.25, 0.3) is 0 Å². The first-order valence-electron chi connectivity index (χ1n) is 4.58. The minimum Gasteiger partial charge on any atom is -0.462 e. The number of ether oxygens (including phenoxy) is 1. The van der Waals surface area contributed by atoms with Crippen LogP contribution in [-0.2, 0) is 14.8 Å². The van der Waals surface area contributed by atoms with Gasteiger partial charge in [-0.05, 0) is 26.1 Å². The predicted octanol–water partition coefficient (Wildman–Crippen LogP) is 0.166. The van der Waals surface area contributed by atoms with Gasteiger partial charge in [-0.3, -0.25) is 0 Å². The van der Waals surface area contributed by atoms with Crippen molar-refractivity contribution in [1.82, 2.24) is 9.71 Å². The Kier molecular flexibility index (Phi) is 3.97. The molecule has 0 radical (unpaired) electrons. The van der Waals surface area contributed by atoms with E-state index in [-0.39, 0.29) is 17.2 Å². The molecule has 1 rings (SSSR count). The van der Waals surface area contributed by atoms with Gasteiger partial charge in [0.05, 0.1) is 12.2 Å². The number of aromatic nitrogens is 1. The van der Waals surface area contributed by atoms with Crippen molar-refractivity contribution in [3.05, 3.63) is 23.9 Å². The highest BCUT2D eigenvalue weighted by Crippen LogP contribution is 2.12. The maximum atomic E-state index is 11.5. The van der Waals surface area contributed by atoms with Crippen LogP contribution >= 0.6 is 0 Å². The second-order valence-corrected chi connectivity index (χ2v) is 4.59. The lowest BCUT2D eigenvalue weighted by Crippen LogP contribution is -2.23. The molecule has 0 unspecified atom stereocenters. The third-order valence-corrected chi connectivity index (χ3v) is 3.16. The van der Waals surface area contributed by atoms with E-state index in [0.717, 1.165) is 0 Å². The number of carbonyl (C=O) groups is 1. The van der Waals surface area contributed by atoms with Crippen molar-refractivity contribution in [3.8, 4) is 0 Å². The maximum absolute atomic E-state index is 11.5. The third kappa shape index (κ3) is 2.56. The van der Waals surface area contributed by atoms with Crippen molar-refractivity contribution in [2.75, 3.05) is 13.7 Å². The second kappa shape index (κ2) is 5.04. The van der Waals surface area contributed by atoms with E-state index >= 15 is 0 Å². The van der Waals surface area contributed by atoms with E-state index in [2.05, 4.69) is 9.71 Å². The number of hydrogen-bond donors (Lipinski definition) is 1. The Bertz CT molecular complexity index is 484. The molecule has 0 saturated heterocycles. The largest absolute Gasteiger partial charge is 0.462 e. The van der Waals surface area contributed by atoms with E-state index in [0.29, 0.717) is 0 Å². The first-order chi connectivity index (χ1) is 7.53. The molecule has 1 heterocycles. The zero-order chi connectivity index (χ0) is 12.2. The van der Waals surface area contributed by atoms with Crippen molar-refractivity contribution >= 4 is 16.0 Å². The van der Waals surface area contributed by atoms with E-state index in [9.17, 15) is 13.2 Å². The van der Waals surface area contributed by atoms with Crippen molar-refractivity contribution in [1.29, 1.82) is 0 Å². The maximum Gasteiger partial charge on any atom is 0.341 e. The van der Waals surface area contributed by atoms with Crippen LogP contribution in [0.2, 0.25) is 0 Å². The lowest BCUT2D eigenvalue weighted by atomic mass is 10.3. The van der Waals surface area contributed by atoms with Gasteiger partial charge in [0, 0.05) is 6.20 Å². The summed E-state index contributed by atoms with van der Waals surface area (Å²) in [6.07, 6.45) is 1.30. The second-order valence-electron chi connectivity index (χ2n) is 2.78. The average molecular weight is 244 g/mol. The Balaban J connectivity index is 3.26. The quantitative estimate of drug-likeness (QED) is 0.763. The Morgan fingerprint density at radius 1 is 1.56 bits per heavy atom. The zero-order valence-corrected chi connectivity index (χ0v) is 9.74. The minimum absolute atomic E-state index is 0.0706. The van der Waals surface area contributed by atoms with Crippen molar-refractivity contribution in [3.63, 3.8) is 0 Å². The fourth-order valence-corrected chi connectivity index (χ4v) is 1.90. The molecule has 1 N–H and O–H groups in total. The molecule has 0 aromatic carbocycles. The van der Waals surface area contributed by atoms with Gasteiger partial charge in [0.1, 0.15) is 0 Å². The summed E-state index contributed by atoms with van der Waals surface area (Å²) < 4.78 is 29.9. The Labute approximate surface area is 93.7 Å². The summed E-state index contributed by atoms with van der Waals surface area (Å²) in [5, 5.41) is -0.323. The van der Waals surface area contributed by atoms with E-state index < -0.39 is 16.0 Å². The standard InChI is InChI=1S/C9H12N2O4S/c1-3-15-9(12)7-5-4-6-11-8(7)16(13,14)10-2/h4-6,10H,3H2,1-2H3. The molecule has 7 heteroatoms. The van der Waals surface area contributed by atoms with Gasteiger partial charge in [-0.15, -0.1) is 0 Å². The number of nitrogens with zero attached hydrogens (tertiary/aromatic N) is 1. The van der Waals surface area contributed by atoms with Crippen molar-refractivity contribution < 1.29 is 17.9 Å². The molecule has 16 heavy (non-hydrogen) atoms. The van der Waals surface area contributed by atoms with Crippen LogP contribution in [0.1, 0.15) is 17.3 Å². The number of nitrogens with one attached hydrogen (secondary N) is 1. The minimum atomic E-state index is -3.75. The normalized spacial score (nSPS) is 11.1. The number of esters is 1. The molecule has 1 aromatic rings. The lowest BCUT2D eigenvalue weighted by Gasteiger charge is -2.07. The Hall–Kier alpha value is -1.47. The lowest BCUT2D eigenvalue weighted by molar-refractivity contribution is 0.0521.